The minimum Gasteiger partial charge on any atom is -0.369 e. The molecule has 0 aromatic heterocycles. The van der Waals surface area contributed by atoms with Crippen LogP contribution in [0.25, 0.3) is 0 Å². The van der Waals surface area contributed by atoms with E-state index in [9.17, 15) is 4.79 Å². The quantitative estimate of drug-likeness (QED) is 0.867. The van der Waals surface area contributed by atoms with Gasteiger partial charge in [-0.1, -0.05) is 29.8 Å². The van der Waals surface area contributed by atoms with E-state index in [4.69, 9.17) is 0 Å². The molecule has 0 bridgehead atoms. The summed E-state index contributed by atoms with van der Waals surface area (Å²) in [5, 5.41) is 3.11. The second kappa shape index (κ2) is 8.57. The molecule has 2 aromatic carbocycles. The fourth-order valence-corrected chi connectivity index (χ4v) is 3.89. The van der Waals surface area contributed by atoms with Gasteiger partial charge < -0.3 is 10.2 Å². The molecule has 0 aliphatic carbocycles. The van der Waals surface area contributed by atoms with Crippen molar-refractivity contribution in [2.45, 2.75) is 34.1 Å². The van der Waals surface area contributed by atoms with Crippen LogP contribution in [0.3, 0.4) is 0 Å². The monoisotopic (exact) mass is 365 g/mol. The van der Waals surface area contributed by atoms with E-state index in [1.54, 1.807) is 0 Å². The van der Waals surface area contributed by atoms with Gasteiger partial charge in [0, 0.05) is 50.5 Å². The van der Waals surface area contributed by atoms with Crippen LogP contribution >= 0.6 is 0 Å². The van der Waals surface area contributed by atoms with Gasteiger partial charge in [-0.25, -0.2) is 0 Å². The third-order valence-corrected chi connectivity index (χ3v) is 5.34. The van der Waals surface area contributed by atoms with Gasteiger partial charge in [0.05, 0.1) is 0 Å². The molecule has 27 heavy (non-hydrogen) atoms. The SMILES string of the molecule is Cc1cccc(N2CCN(CCC(=O)Nc3c(C)cc(C)cc3C)CC2)c1. The molecule has 1 aliphatic heterocycles. The maximum atomic E-state index is 12.4. The number of hydrogen-bond acceptors (Lipinski definition) is 3. The van der Waals surface area contributed by atoms with Crippen molar-refractivity contribution in [2.75, 3.05) is 42.9 Å². The van der Waals surface area contributed by atoms with E-state index in [1.807, 2.05) is 0 Å². The van der Waals surface area contributed by atoms with E-state index < -0.39 is 0 Å². The molecule has 4 heteroatoms. The number of piperazine rings is 1. The van der Waals surface area contributed by atoms with E-state index in [-0.39, 0.29) is 5.91 Å². The van der Waals surface area contributed by atoms with Crippen LogP contribution in [0.4, 0.5) is 11.4 Å². The summed E-state index contributed by atoms with van der Waals surface area (Å²) in [5.74, 6) is 0.103. The van der Waals surface area contributed by atoms with Gasteiger partial charge in [0.2, 0.25) is 5.91 Å². The lowest BCUT2D eigenvalue weighted by Crippen LogP contribution is -2.47. The average molecular weight is 366 g/mol. The van der Waals surface area contributed by atoms with Gasteiger partial charge in [0.15, 0.2) is 0 Å². The summed E-state index contributed by atoms with van der Waals surface area (Å²) in [4.78, 5) is 17.2. The number of nitrogens with zero attached hydrogens (tertiary/aromatic N) is 2. The van der Waals surface area contributed by atoms with Gasteiger partial charge in [0.25, 0.3) is 0 Å². The van der Waals surface area contributed by atoms with Crippen molar-refractivity contribution in [1.82, 2.24) is 4.90 Å². The number of rotatable bonds is 5. The fourth-order valence-electron chi connectivity index (χ4n) is 3.89. The van der Waals surface area contributed by atoms with E-state index in [0.29, 0.717) is 6.42 Å². The molecule has 0 unspecified atom stereocenters. The summed E-state index contributed by atoms with van der Waals surface area (Å²) in [6.07, 6.45) is 0.539. The Morgan fingerprint density at radius 1 is 0.926 bits per heavy atom. The largest absolute Gasteiger partial charge is 0.369 e. The fraction of sp³-hybridized carbons (Fsp3) is 0.435. The maximum absolute atomic E-state index is 12.4. The topological polar surface area (TPSA) is 35.6 Å². The molecule has 144 valence electrons. The third-order valence-electron chi connectivity index (χ3n) is 5.34. The molecular formula is C23H31N3O. The first-order valence-electron chi connectivity index (χ1n) is 9.84. The van der Waals surface area contributed by atoms with Crippen molar-refractivity contribution < 1.29 is 4.79 Å². The zero-order valence-corrected chi connectivity index (χ0v) is 17.0. The summed E-state index contributed by atoms with van der Waals surface area (Å²) >= 11 is 0. The second-order valence-electron chi connectivity index (χ2n) is 7.74. The van der Waals surface area contributed by atoms with Crippen LogP contribution < -0.4 is 10.2 Å². The van der Waals surface area contributed by atoms with E-state index >= 15 is 0 Å². The van der Waals surface area contributed by atoms with Crippen molar-refractivity contribution in [3.05, 3.63) is 58.7 Å². The standard InChI is InChI=1S/C23H31N3O/c1-17-6-5-7-21(16-17)26-12-10-25(11-13-26)9-8-22(27)24-23-19(3)14-18(2)15-20(23)4/h5-7,14-16H,8-13H2,1-4H3,(H,24,27). The first-order valence-corrected chi connectivity index (χ1v) is 9.84. The zero-order valence-electron chi connectivity index (χ0n) is 17.0. The second-order valence-corrected chi connectivity index (χ2v) is 7.74. The normalized spacial score (nSPS) is 15.0. The van der Waals surface area contributed by atoms with Crippen LogP contribution in [0.1, 0.15) is 28.7 Å². The number of aryl methyl sites for hydroxylation is 4. The number of nitrogens with one attached hydrogen (secondary N) is 1. The molecule has 2 aromatic rings. The van der Waals surface area contributed by atoms with Crippen molar-refractivity contribution in [3.8, 4) is 0 Å². The number of benzene rings is 2. The van der Waals surface area contributed by atoms with Crippen LogP contribution in [0.5, 0.6) is 0 Å². The first kappa shape index (κ1) is 19.4. The number of amides is 1. The predicted molar refractivity (Wildman–Crippen MR) is 114 cm³/mol. The molecule has 0 saturated carbocycles. The van der Waals surface area contributed by atoms with E-state index in [2.05, 4.69) is 79.2 Å². The summed E-state index contributed by atoms with van der Waals surface area (Å²) in [6, 6.07) is 12.9. The van der Waals surface area contributed by atoms with Gasteiger partial charge >= 0.3 is 0 Å². The van der Waals surface area contributed by atoms with Gasteiger partial charge in [-0.2, -0.15) is 0 Å². The number of carbonyl (C=O) groups is 1. The number of hydrogen-bond donors (Lipinski definition) is 1. The van der Waals surface area contributed by atoms with E-state index in [0.717, 1.165) is 49.5 Å². The smallest absolute Gasteiger partial charge is 0.225 e. The Bertz CT molecular complexity index is 784. The molecule has 0 atom stereocenters. The van der Waals surface area contributed by atoms with Gasteiger partial charge in [0.1, 0.15) is 0 Å². The van der Waals surface area contributed by atoms with Crippen LogP contribution in [0.2, 0.25) is 0 Å². The summed E-state index contributed by atoms with van der Waals surface area (Å²) in [7, 11) is 0. The van der Waals surface area contributed by atoms with Crippen LogP contribution in [0.15, 0.2) is 36.4 Å². The Balaban J connectivity index is 1.47. The van der Waals surface area contributed by atoms with Crippen molar-refractivity contribution in [3.63, 3.8) is 0 Å². The highest BCUT2D eigenvalue weighted by atomic mass is 16.1. The molecule has 1 aliphatic rings. The van der Waals surface area contributed by atoms with Crippen LogP contribution in [-0.2, 0) is 4.79 Å². The molecule has 3 rings (SSSR count). The number of carbonyl (C=O) groups excluding carboxylic acids is 1. The van der Waals surface area contributed by atoms with Crippen LogP contribution in [0, 0.1) is 27.7 Å². The van der Waals surface area contributed by atoms with Crippen molar-refractivity contribution >= 4 is 17.3 Å². The highest BCUT2D eigenvalue weighted by Crippen LogP contribution is 2.22. The molecule has 4 nitrogen and oxygen atoms in total. The molecule has 0 radical (unpaired) electrons. The van der Waals surface area contributed by atoms with Gasteiger partial charge in [-0.3, -0.25) is 9.69 Å². The predicted octanol–water partition coefficient (Wildman–Crippen LogP) is 4.07. The summed E-state index contributed by atoms with van der Waals surface area (Å²) in [6.45, 7) is 13.2. The van der Waals surface area contributed by atoms with E-state index in [1.165, 1.54) is 16.8 Å². The molecule has 1 amide bonds. The lowest BCUT2D eigenvalue weighted by molar-refractivity contribution is -0.116. The molecular weight excluding hydrogens is 334 g/mol. The average Bonchev–Trinajstić information content (AvgIpc) is 2.63. The lowest BCUT2D eigenvalue weighted by atomic mass is 10.0. The highest BCUT2D eigenvalue weighted by molar-refractivity contribution is 5.92. The molecule has 1 N–H and O–H groups in total. The number of anilines is 2. The van der Waals surface area contributed by atoms with Crippen LogP contribution in [-0.4, -0.2) is 43.5 Å². The summed E-state index contributed by atoms with van der Waals surface area (Å²) < 4.78 is 0. The Labute approximate surface area is 163 Å². The third kappa shape index (κ3) is 5.10. The minimum atomic E-state index is 0.103. The molecule has 1 saturated heterocycles. The summed E-state index contributed by atoms with van der Waals surface area (Å²) in [5.41, 5.74) is 7.07. The Hall–Kier alpha value is -2.33. The molecule has 1 heterocycles. The Morgan fingerprint density at radius 3 is 2.22 bits per heavy atom. The van der Waals surface area contributed by atoms with Crippen molar-refractivity contribution in [2.24, 2.45) is 0 Å². The minimum absolute atomic E-state index is 0.103. The Kier molecular flexibility index (Phi) is 6.17. The van der Waals surface area contributed by atoms with Gasteiger partial charge in [-0.15, -0.1) is 0 Å². The molecule has 1 fully saturated rings. The maximum Gasteiger partial charge on any atom is 0.225 e. The van der Waals surface area contributed by atoms with Gasteiger partial charge in [-0.05, 0) is 56.5 Å². The zero-order chi connectivity index (χ0) is 19.4. The Morgan fingerprint density at radius 2 is 1.59 bits per heavy atom. The van der Waals surface area contributed by atoms with Crippen molar-refractivity contribution in [1.29, 1.82) is 0 Å². The molecule has 0 spiro atoms. The first-order chi connectivity index (χ1) is 12.9. The lowest BCUT2D eigenvalue weighted by Gasteiger charge is -2.36. The highest BCUT2D eigenvalue weighted by Gasteiger charge is 2.18.